The van der Waals surface area contributed by atoms with Crippen LogP contribution < -0.4 is 5.32 Å². The summed E-state index contributed by atoms with van der Waals surface area (Å²) >= 11 is 0. The molecule has 0 aromatic carbocycles. The highest BCUT2D eigenvalue weighted by molar-refractivity contribution is 4.98. The molecule has 0 spiro atoms. The molecule has 0 radical (unpaired) electrons. The Labute approximate surface area is 125 Å². The molecule has 2 saturated heterocycles. The average molecular weight is 282 g/mol. The van der Waals surface area contributed by atoms with Gasteiger partial charge in [-0.1, -0.05) is 13.3 Å². The smallest absolute Gasteiger partial charge is 0.0469 e. The Morgan fingerprint density at radius 1 is 1.15 bits per heavy atom. The summed E-state index contributed by atoms with van der Waals surface area (Å²) in [4.78, 5) is 2.74. The summed E-state index contributed by atoms with van der Waals surface area (Å²) in [7, 11) is 0. The van der Waals surface area contributed by atoms with Crippen molar-refractivity contribution in [1.29, 1.82) is 0 Å². The average Bonchev–Trinajstić information content (AvgIpc) is 2.49. The summed E-state index contributed by atoms with van der Waals surface area (Å²) in [6, 6.07) is 0.601. The molecule has 118 valence electrons. The van der Waals surface area contributed by atoms with E-state index in [9.17, 15) is 0 Å². The van der Waals surface area contributed by atoms with Gasteiger partial charge in [0, 0.05) is 24.8 Å². The second-order valence-electron chi connectivity index (χ2n) is 7.08. The second-order valence-corrected chi connectivity index (χ2v) is 7.08. The topological polar surface area (TPSA) is 24.5 Å². The lowest BCUT2D eigenvalue weighted by molar-refractivity contribution is -0.00119. The van der Waals surface area contributed by atoms with Crippen molar-refractivity contribution in [2.24, 2.45) is 5.92 Å². The molecule has 2 aliphatic rings. The lowest BCUT2D eigenvalue weighted by Gasteiger charge is -2.49. The van der Waals surface area contributed by atoms with Gasteiger partial charge in [-0.2, -0.15) is 0 Å². The fourth-order valence-corrected chi connectivity index (χ4v) is 4.01. The summed E-state index contributed by atoms with van der Waals surface area (Å²) in [5.74, 6) is 0.771. The summed E-state index contributed by atoms with van der Waals surface area (Å²) in [6.45, 7) is 12.8. The third-order valence-corrected chi connectivity index (χ3v) is 5.28. The van der Waals surface area contributed by atoms with E-state index >= 15 is 0 Å². The van der Waals surface area contributed by atoms with E-state index in [0.717, 1.165) is 25.7 Å². The number of hydrogen-bond donors (Lipinski definition) is 1. The molecule has 0 saturated carbocycles. The Morgan fingerprint density at radius 2 is 1.80 bits per heavy atom. The molecule has 2 fully saturated rings. The van der Waals surface area contributed by atoms with Crippen LogP contribution >= 0.6 is 0 Å². The van der Waals surface area contributed by atoms with Crippen molar-refractivity contribution in [3.63, 3.8) is 0 Å². The van der Waals surface area contributed by atoms with Crippen LogP contribution in [0.2, 0.25) is 0 Å². The van der Waals surface area contributed by atoms with Crippen LogP contribution in [0.3, 0.4) is 0 Å². The van der Waals surface area contributed by atoms with E-state index in [1.807, 2.05) is 0 Å². The van der Waals surface area contributed by atoms with E-state index in [2.05, 4.69) is 31.0 Å². The Morgan fingerprint density at radius 3 is 2.40 bits per heavy atom. The summed E-state index contributed by atoms with van der Waals surface area (Å²) in [6.07, 6.45) is 7.82. The molecule has 0 amide bonds. The Kier molecular flexibility index (Phi) is 6.31. The molecule has 20 heavy (non-hydrogen) atoms. The summed E-state index contributed by atoms with van der Waals surface area (Å²) in [5.41, 5.74) is 0.262. The molecule has 0 aromatic rings. The van der Waals surface area contributed by atoms with E-state index < -0.39 is 0 Å². The lowest BCUT2D eigenvalue weighted by atomic mass is 9.78. The van der Waals surface area contributed by atoms with Crippen LogP contribution in [-0.2, 0) is 4.74 Å². The SMILES string of the molecule is CCCNC(C1CCOCC1)C(C)(C)N1CCCCC1. The monoisotopic (exact) mass is 282 g/mol. The van der Waals surface area contributed by atoms with E-state index in [1.165, 1.54) is 51.6 Å². The number of ether oxygens (including phenoxy) is 1. The van der Waals surface area contributed by atoms with E-state index in [-0.39, 0.29) is 5.54 Å². The maximum atomic E-state index is 5.57. The minimum absolute atomic E-state index is 0.262. The Bertz CT molecular complexity index is 268. The molecule has 1 unspecified atom stereocenters. The zero-order valence-corrected chi connectivity index (χ0v) is 13.8. The van der Waals surface area contributed by atoms with Crippen molar-refractivity contribution in [2.75, 3.05) is 32.8 Å². The molecule has 1 atom stereocenters. The molecule has 2 heterocycles. The summed E-state index contributed by atoms with van der Waals surface area (Å²) < 4.78 is 5.57. The normalized spacial score (nSPS) is 24.8. The molecular weight excluding hydrogens is 248 g/mol. The first kappa shape index (κ1) is 16.3. The first-order chi connectivity index (χ1) is 9.66. The first-order valence-electron chi connectivity index (χ1n) is 8.72. The van der Waals surface area contributed by atoms with Gasteiger partial charge < -0.3 is 10.1 Å². The maximum Gasteiger partial charge on any atom is 0.0469 e. The van der Waals surface area contributed by atoms with Crippen LogP contribution in [0.25, 0.3) is 0 Å². The van der Waals surface area contributed by atoms with Gasteiger partial charge in [0.2, 0.25) is 0 Å². The van der Waals surface area contributed by atoms with Crippen molar-refractivity contribution in [2.45, 2.75) is 70.9 Å². The van der Waals surface area contributed by atoms with Crippen molar-refractivity contribution >= 4 is 0 Å². The van der Waals surface area contributed by atoms with Gasteiger partial charge in [-0.3, -0.25) is 4.90 Å². The third-order valence-electron chi connectivity index (χ3n) is 5.28. The minimum atomic E-state index is 0.262. The first-order valence-corrected chi connectivity index (χ1v) is 8.72. The molecular formula is C17H34N2O. The van der Waals surface area contributed by atoms with Crippen LogP contribution in [0.1, 0.15) is 59.3 Å². The largest absolute Gasteiger partial charge is 0.381 e. The van der Waals surface area contributed by atoms with Gasteiger partial charge in [0.25, 0.3) is 0 Å². The van der Waals surface area contributed by atoms with Crippen molar-refractivity contribution < 1.29 is 4.74 Å². The van der Waals surface area contributed by atoms with E-state index in [1.54, 1.807) is 0 Å². The Hall–Kier alpha value is -0.120. The van der Waals surface area contributed by atoms with Crippen LogP contribution in [0.15, 0.2) is 0 Å². The Balaban J connectivity index is 2.05. The van der Waals surface area contributed by atoms with Crippen molar-refractivity contribution in [3.8, 4) is 0 Å². The van der Waals surface area contributed by atoms with Crippen molar-refractivity contribution in [1.82, 2.24) is 10.2 Å². The predicted molar refractivity (Wildman–Crippen MR) is 85.1 cm³/mol. The van der Waals surface area contributed by atoms with E-state index in [4.69, 9.17) is 4.74 Å². The quantitative estimate of drug-likeness (QED) is 0.810. The van der Waals surface area contributed by atoms with Crippen molar-refractivity contribution in [3.05, 3.63) is 0 Å². The zero-order valence-electron chi connectivity index (χ0n) is 13.8. The van der Waals surface area contributed by atoms with E-state index in [0.29, 0.717) is 6.04 Å². The molecule has 2 aliphatic heterocycles. The third kappa shape index (κ3) is 3.96. The number of hydrogen-bond acceptors (Lipinski definition) is 3. The van der Waals surface area contributed by atoms with Gasteiger partial charge in [0.05, 0.1) is 0 Å². The fraction of sp³-hybridized carbons (Fsp3) is 1.00. The number of piperidine rings is 1. The van der Waals surface area contributed by atoms with Crippen LogP contribution in [0, 0.1) is 5.92 Å². The number of nitrogens with zero attached hydrogens (tertiary/aromatic N) is 1. The molecule has 0 aromatic heterocycles. The maximum absolute atomic E-state index is 5.57. The highest BCUT2D eigenvalue weighted by atomic mass is 16.5. The van der Waals surface area contributed by atoms with Gasteiger partial charge >= 0.3 is 0 Å². The highest BCUT2D eigenvalue weighted by Gasteiger charge is 2.40. The molecule has 3 nitrogen and oxygen atoms in total. The van der Waals surface area contributed by atoms with Gasteiger partial charge in [-0.05, 0) is 71.5 Å². The highest BCUT2D eigenvalue weighted by Crippen LogP contribution is 2.32. The molecule has 2 rings (SSSR count). The number of likely N-dealkylation sites (tertiary alicyclic amines) is 1. The number of rotatable bonds is 6. The molecule has 0 aliphatic carbocycles. The van der Waals surface area contributed by atoms with Crippen LogP contribution in [0.4, 0.5) is 0 Å². The molecule has 0 bridgehead atoms. The van der Waals surface area contributed by atoms with Gasteiger partial charge in [0.1, 0.15) is 0 Å². The van der Waals surface area contributed by atoms with Gasteiger partial charge in [-0.15, -0.1) is 0 Å². The van der Waals surface area contributed by atoms with Gasteiger partial charge in [0.15, 0.2) is 0 Å². The van der Waals surface area contributed by atoms with Crippen LogP contribution in [-0.4, -0.2) is 49.3 Å². The standard InChI is InChI=1S/C17H34N2O/c1-4-10-18-16(15-8-13-20-14-9-15)17(2,3)19-11-6-5-7-12-19/h15-16,18H,4-14H2,1-3H3. The number of nitrogens with one attached hydrogen (secondary N) is 1. The fourth-order valence-electron chi connectivity index (χ4n) is 4.01. The zero-order chi connectivity index (χ0) is 14.4. The lowest BCUT2D eigenvalue weighted by Crippen LogP contribution is -2.62. The molecule has 1 N–H and O–H groups in total. The minimum Gasteiger partial charge on any atom is -0.381 e. The predicted octanol–water partition coefficient (Wildman–Crippen LogP) is 3.05. The second kappa shape index (κ2) is 7.77. The van der Waals surface area contributed by atoms with Gasteiger partial charge in [-0.25, -0.2) is 0 Å². The van der Waals surface area contributed by atoms with Crippen LogP contribution in [0.5, 0.6) is 0 Å². The molecule has 3 heteroatoms. The summed E-state index contributed by atoms with van der Waals surface area (Å²) in [5, 5.41) is 3.88.